The molecule has 0 amide bonds. The molecule has 0 atom stereocenters. The van der Waals surface area contributed by atoms with Crippen molar-refractivity contribution in [3.05, 3.63) is 47.9 Å². The minimum Gasteiger partial charge on any atom is -0.360 e. The number of nitrogens with zero attached hydrogens (tertiary/aromatic N) is 3. The average molecular weight is 284 g/mol. The number of aromatic nitrogens is 3. The maximum absolute atomic E-state index is 4.47. The quantitative estimate of drug-likeness (QED) is 0.781. The van der Waals surface area contributed by atoms with Gasteiger partial charge in [0, 0.05) is 36.1 Å². The van der Waals surface area contributed by atoms with Crippen LogP contribution in [0.3, 0.4) is 0 Å². The Bertz CT molecular complexity index is 702. The lowest BCUT2D eigenvalue weighted by atomic mass is 10.1. The number of anilines is 1. The van der Waals surface area contributed by atoms with Gasteiger partial charge in [-0.15, -0.1) is 0 Å². The molecule has 3 rings (SSSR count). The van der Waals surface area contributed by atoms with Crippen molar-refractivity contribution in [3.8, 4) is 0 Å². The number of para-hydroxylation sites is 1. The van der Waals surface area contributed by atoms with Crippen molar-refractivity contribution in [2.45, 2.75) is 19.8 Å². The van der Waals surface area contributed by atoms with Crippen molar-refractivity contribution in [2.75, 3.05) is 11.9 Å². The third-order valence-electron chi connectivity index (χ3n) is 3.17. The van der Waals surface area contributed by atoms with Gasteiger partial charge in [0.2, 0.25) is 5.13 Å². The summed E-state index contributed by atoms with van der Waals surface area (Å²) >= 11 is 1.43. The van der Waals surface area contributed by atoms with E-state index in [0.29, 0.717) is 0 Å². The molecule has 0 aliphatic carbocycles. The molecule has 0 unspecified atom stereocenters. The molecule has 20 heavy (non-hydrogen) atoms. The SMILES string of the molecule is CCc1nsc(NCCc2cccc3cccnc23)n1. The van der Waals surface area contributed by atoms with Crippen LogP contribution in [0.2, 0.25) is 0 Å². The first-order chi connectivity index (χ1) is 9.86. The molecular formula is C15H16N4S. The van der Waals surface area contributed by atoms with Crippen LogP contribution >= 0.6 is 11.5 Å². The molecule has 0 bridgehead atoms. The largest absolute Gasteiger partial charge is 0.360 e. The van der Waals surface area contributed by atoms with Gasteiger partial charge in [-0.3, -0.25) is 4.98 Å². The monoisotopic (exact) mass is 284 g/mol. The Kier molecular flexibility index (Phi) is 3.87. The second-order valence-electron chi connectivity index (χ2n) is 4.54. The predicted octanol–water partition coefficient (Wildman–Crippen LogP) is 3.30. The summed E-state index contributed by atoms with van der Waals surface area (Å²) in [5, 5.41) is 5.42. The first-order valence-corrected chi connectivity index (χ1v) is 7.53. The number of rotatable bonds is 5. The molecule has 1 N–H and O–H groups in total. The van der Waals surface area contributed by atoms with Gasteiger partial charge in [-0.25, -0.2) is 4.98 Å². The summed E-state index contributed by atoms with van der Waals surface area (Å²) in [4.78, 5) is 8.87. The summed E-state index contributed by atoms with van der Waals surface area (Å²) in [6.45, 7) is 2.90. The Balaban J connectivity index is 1.68. The van der Waals surface area contributed by atoms with Crippen LogP contribution in [-0.2, 0) is 12.8 Å². The first kappa shape index (κ1) is 13.0. The predicted molar refractivity (Wildman–Crippen MR) is 83.2 cm³/mol. The highest BCUT2D eigenvalue weighted by Gasteiger charge is 2.04. The summed E-state index contributed by atoms with van der Waals surface area (Å²) in [7, 11) is 0. The summed E-state index contributed by atoms with van der Waals surface area (Å²) in [6.07, 6.45) is 3.65. The highest BCUT2D eigenvalue weighted by atomic mass is 32.1. The maximum atomic E-state index is 4.47. The minimum absolute atomic E-state index is 0.841. The molecular weight excluding hydrogens is 268 g/mol. The molecule has 2 heterocycles. The molecule has 102 valence electrons. The third-order valence-corrected chi connectivity index (χ3v) is 3.88. The summed E-state index contributed by atoms with van der Waals surface area (Å²) in [5.41, 5.74) is 2.35. The molecule has 4 nitrogen and oxygen atoms in total. The fraction of sp³-hybridized carbons (Fsp3) is 0.267. The van der Waals surface area contributed by atoms with E-state index in [2.05, 4.69) is 50.8 Å². The minimum atomic E-state index is 0.841. The third kappa shape index (κ3) is 2.77. The van der Waals surface area contributed by atoms with Crippen molar-refractivity contribution in [1.82, 2.24) is 14.3 Å². The van der Waals surface area contributed by atoms with Gasteiger partial charge in [-0.05, 0) is 18.1 Å². The van der Waals surface area contributed by atoms with Crippen LogP contribution in [0.4, 0.5) is 5.13 Å². The van der Waals surface area contributed by atoms with Gasteiger partial charge in [0.25, 0.3) is 0 Å². The van der Waals surface area contributed by atoms with Gasteiger partial charge in [0.1, 0.15) is 5.82 Å². The van der Waals surface area contributed by atoms with E-state index in [4.69, 9.17) is 0 Å². The zero-order chi connectivity index (χ0) is 13.8. The van der Waals surface area contributed by atoms with Gasteiger partial charge in [0.15, 0.2) is 0 Å². The van der Waals surface area contributed by atoms with Crippen LogP contribution in [0.25, 0.3) is 10.9 Å². The molecule has 0 aliphatic heterocycles. The lowest BCUT2D eigenvalue weighted by Gasteiger charge is -2.06. The van der Waals surface area contributed by atoms with E-state index >= 15 is 0 Å². The Labute approximate surface area is 122 Å². The van der Waals surface area contributed by atoms with E-state index in [-0.39, 0.29) is 0 Å². The van der Waals surface area contributed by atoms with E-state index in [1.54, 1.807) is 0 Å². The highest BCUT2D eigenvalue weighted by molar-refractivity contribution is 7.09. The zero-order valence-electron chi connectivity index (χ0n) is 11.3. The fourth-order valence-electron chi connectivity index (χ4n) is 2.14. The van der Waals surface area contributed by atoms with Gasteiger partial charge >= 0.3 is 0 Å². The van der Waals surface area contributed by atoms with Crippen molar-refractivity contribution in [2.24, 2.45) is 0 Å². The molecule has 0 saturated heterocycles. The number of fused-ring (bicyclic) bond motifs is 1. The van der Waals surface area contributed by atoms with E-state index < -0.39 is 0 Å². The molecule has 0 fully saturated rings. The topological polar surface area (TPSA) is 50.7 Å². The molecule has 0 radical (unpaired) electrons. The molecule has 3 aromatic rings. The normalized spacial score (nSPS) is 10.8. The number of hydrogen-bond acceptors (Lipinski definition) is 5. The van der Waals surface area contributed by atoms with Gasteiger partial charge < -0.3 is 5.32 Å². The van der Waals surface area contributed by atoms with Crippen molar-refractivity contribution in [3.63, 3.8) is 0 Å². The Morgan fingerprint density at radius 2 is 2.10 bits per heavy atom. The number of benzene rings is 1. The van der Waals surface area contributed by atoms with Crippen LogP contribution in [0.5, 0.6) is 0 Å². The van der Waals surface area contributed by atoms with Gasteiger partial charge in [0.05, 0.1) is 5.52 Å². The molecule has 1 aromatic carbocycles. The first-order valence-electron chi connectivity index (χ1n) is 6.76. The van der Waals surface area contributed by atoms with Gasteiger partial charge in [-0.1, -0.05) is 31.2 Å². The van der Waals surface area contributed by atoms with Crippen LogP contribution < -0.4 is 5.32 Å². The second kappa shape index (κ2) is 5.96. The van der Waals surface area contributed by atoms with E-state index in [1.165, 1.54) is 22.5 Å². The van der Waals surface area contributed by atoms with Crippen molar-refractivity contribution in [1.29, 1.82) is 0 Å². The van der Waals surface area contributed by atoms with Crippen molar-refractivity contribution >= 4 is 27.6 Å². The Morgan fingerprint density at radius 3 is 2.95 bits per heavy atom. The summed E-state index contributed by atoms with van der Waals surface area (Å²) < 4.78 is 4.27. The van der Waals surface area contributed by atoms with Crippen LogP contribution in [0, 0.1) is 0 Å². The lowest BCUT2D eigenvalue weighted by molar-refractivity contribution is 0.980. The smallest absolute Gasteiger partial charge is 0.202 e. The van der Waals surface area contributed by atoms with E-state index in [9.17, 15) is 0 Å². The summed E-state index contributed by atoms with van der Waals surface area (Å²) in [5.74, 6) is 0.907. The van der Waals surface area contributed by atoms with Gasteiger partial charge in [-0.2, -0.15) is 4.37 Å². The number of aryl methyl sites for hydroxylation is 1. The molecule has 0 saturated carbocycles. The standard InChI is InChI=1S/C15H16N4S/c1-2-13-18-15(20-19-13)17-10-8-12-6-3-5-11-7-4-9-16-14(11)12/h3-7,9H,2,8,10H2,1H3,(H,17,18,19). The summed E-state index contributed by atoms with van der Waals surface area (Å²) in [6, 6.07) is 10.4. The zero-order valence-corrected chi connectivity index (χ0v) is 12.2. The van der Waals surface area contributed by atoms with E-state index in [1.807, 2.05) is 12.3 Å². The molecule has 0 aliphatic rings. The number of pyridine rings is 1. The van der Waals surface area contributed by atoms with Crippen LogP contribution in [-0.4, -0.2) is 20.9 Å². The lowest BCUT2D eigenvalue weighted by Crippen LogP contribution is -2.05. The Morgan fingerprint density at radius 1 is 1.20 bits per heavy atom. The van der Waals surface area contributed by atoms with Crippen molar-refractivity contribution < 1.29 is 0 Å². The molecule has 2 aromatic heterocycles. The average Bonchev–Trinajstić information content (AvgIpc) is 2.95. The number of nitrogens with one attached hydrogen (secondary N) is 1. The molecule has 5 heteroatoms. The second-order valence-corrected chi connectivity index (χ2v) is 5.29. The maximum Gasteiger partial charge on any atom is 0.202 e. The van der Waals surface area contributed by atoms with Crippen LogP contribution in [0.15, 0.2) is 36.5 Å². The molecule has 0 spiro atoms. The van der Waals surface area contributed by atoms with E-state index in [0.717, 1.165) is 35.9 Å². The fourth-order valence-corrected chi connectivity index (χ4v) is 2.82. The van der Waals surface area contributed by atoms with Crippen LogP contribution in [0.1, 0.15) is 18.3 Å². The highest BCUT2D eigenvalue weighted by Crippen LogP contribution is 2.17. The Hall–Kier alpha value is -2.01. The number of hydrogen-bond donors (Lipinski definition) is 1.